The fourth-order valence-corrected chi connectivity index (χ4v) is 2.06. The van der Waals surface area contributed by atoms with Gasteiger partial charge in [0.05, 0.1) is 5.02 Å². The number of carbonyl (C=O) groups is 2. The Morgan fingerprint density at radius 3 is 2.43 bits per heavy atom. The van der Waals surface area contributed by atoms with Crippen molar-refractivity contribution in [3.8, 4) is 5.75 Å². The Morgan fingerprint density at radius 1 is 1.09 bits per heavy atom. The van der Waals surface area contributed by atoms with Crippen LogP contribution < -0.4 is 15.4 Å². The predicted octanol–water partition coefficient (Wildman–Crippen LogP) is 3.11. The molecule has 0 spiro atoms. The molecule has 0 heterocycles. The summed E-state index contributed by atoms with van der Waals surface area (Å²) in [5.74, 6) is -0.000917. The van der Waals surface area contributed by atoms with E-state index in [9.17, 15) is 9.59 Å². The minimum Gasteiger partial charge on any atom is -0.482 e. The van der Waals surface area contributed by atoms with Gasteiger partial charge in [-0.05, 0) is 43.3 Å². The van der Waals surface area contributed by atoms with Gasteiger partial charge in [-0.1, -0.05) is 23.7 Å². The smallest absolute Gasteiger partial charge is 0.262 e. The summed E-state index contributed by atoms with van der Waals surface area (Å²) in [5, 5.41) is 5.85. The highest BCUT2D eigenvalue weighted by molar-refractivity contribution is 6.32. The van der Waals surface area contributed by atoms with Crippen LogP contribution in [-0.2, 0) is 4.79 Å². The van der Waals surface area contributed by atoms with Crippen molar-refractivity contribution in [1.82, 2.24) is 5.32 Å². The first kappa shape index (κ1) is 16.8. The van der Waals surface area contributed by atoms with Crippen molar-refractivity contribution in [2.45, 2.75) is 6.92 Å². The summed E-state index contributed by atoms with van der Waals surface area (Å²) >= 11 is 5.95. The van der Waals surface area contributed by atoms with E-state index >= 15 is 0 Å². The van der Waals surface area contributed by atoms with E-state index in [1.807, 2.05) is 6.92 Å². The van der Waals surface area contributed by atoms with E-state index in [4.69, 9.17) is 16.3 Å². The number of hydrogen-bond donors (Lipinski definition) is 2. The Labute approximate surface area is 139 Å². The number of para-hydroxylation sites is 1. The van der Waals surface area contributed by atoms with Gasteiger partial charge in [0.1, 0.15) is 5.75 Å². The van der Waals surface area contributed by atoms with Gasteiger partial charge in [-0.2, -0.15) is 0 Å². The Balaban J connectivity index is 1.88. The van der Waals surface area contributed by atoms with E-state index in [2.05, 4.69) is 10.6 Å². The molecule has 6 heteroatoms. The van der Waals surface area contributed by atoms with Crippen LogP contribution in [0.5, 0.6) is 5.75 Å². The minimum atomic E-state index is -0.310. The standard InChI is InChI=1S/C17H17ClN2O3/c1-2-19-17(22)12-7-9-13(10-8-12)20-16(21)11-23-15-6-4-3-5-14(15)18/h3-10H,2,11H2,1H3,(H,19,22)(H,20,21). The van der Waals surface area contributed by atoms with Crippen LogP contribution in [0.25, 0.3) is 0 Å². The molecule has 120 valence electrons. The van der Waals surface area contributed by atoms with Crippen LogP contribution in [0.15, 0.2) is 48.5 Å². The largest absolute Gasteiger partial charge is 0.482 e. The lowest BCUT2D eigenvalue weighted by Crippen LogP contribution is -2.23. The summed E-state index contributed by atoms with van der Waals surface area (Å²) in [4.78, 5) is 23.5. The molecule has 0 aliphatic rings. The van der Waals surface area contributed by atoms with Gasteiger partial charge in [-0.3, -0.25) is 9.59 Å². The summed E-state index contributed by atoms with van der Waals surface area (Å²) in [6.45, 7) is 2.27. The van der Waals surface area contributed by atoms with Gasteiger partial charge < -0.3 is 15.4 Å². The maximum atomic E-state index is 11.9. The van der Waals surface area contributed by atoms with E-state index in [-0.39, 0.29) is 18.4 Å². The molecule has 2 N–H and O–H groups in total. The quantitative estimate of drug-likeness (QED) is 0.854. The van der Waals surface area contributed by atoms with E-state index < -0.39 is 0 Å². The maximum absolute atomic E-state index is 11.9. The van der Waals surface area contributed by atoms with Crippen LogP contribution >= 0.6 is 11.6 Å². The first-order valence-corrected chi connectivity index (χ1v) is 7.53. The van der Waals surface area contributed by atoms with E-state index in [0.717, 1.165) is 0 Å². The normalized spacial score (nSPS) is 10.0. The van der Waals surface area contributed by atoms with Gasteiger partial charge in [0, 0.05) is 17.8 Å². The van der Waals surface area contributed by atoms with Crippen LogP contribution in [-0.4, -0.2) is 25.0 Å². The molecule has 0 atom stereocenters. The van der Waals surface area contributed by atoms with Crippen molar-refractivity contribution in [3.05, 3.63) is 59.1 Å². The number of benzene rings is 2. The molecule has 0 aliphatic heterocycles. The lowest BCUT2D eigenvalue weighted by molar-refractivity contribution is -0.118. The summed E-state index contributed by atoms with van der Waals surface area (Å²) in [6.07, 6.45) is 0. The van der Waals surface area contributed by atoms with E-state index in [1.165, 1.54) is 0 Å². The van der Waals surface area contributed by atoms with Gasteiger partial charge in [0.2, 0.25) is 0 Å². The highest BCUT2D eigenvalue weighted by Crippen LogP contribution is 2.22. The Hall–Kier alpha value is -2.53. The summed E-state index contributed by atoms with van der Waals surface area (Å²) < 4.78 is 5.36. The second-order valence-corrected chi connectivity index (χ2v) is 5.11. The molecule has 0 radical (unpaired) electrons. The van der Waals surface area contributed by atoms with Crippen molar-refractivity contribution in [3.63, 3.8) is 0 Å². The molecule has 0 saturated heterocycles. The highest BCUT2D eigenvalue weighted by atomic mass is 35.5. The van der Waals surface area contributed by atoms with Crippen LogP contribution in [0.2, 0.25) is 5.02 Å². The number of halogens is 1. The molecule has 2 amide bonds. The molecule has 0 aliphatic carbocycles. The third-order valence-corrected chi connectivity index (χ3v) is 3.28. The summed E-state index contributed by atoms with van der Waals surface area (Å²) in [6, 6.07) is 13.6. The molecule has 0 fully saturated rings. The number of amides is 2. The average Bonchev–Trinajstić information content (AvgIpc) is 2.55. The Morgan fingerprint density at radius 2 is 1.78 bits per heavy atom. The van der Waals surface area contributed by atoms with Gasteiger partial charge in [-0.25, -0.2) is 0 Å². The first-order valence-electron chi connectivity index (χ1n) is 7.15. The van der Waals surface area contributed by atoms with Crippen LogP contribution in [0.1, 0.15) is 17.3 Å². The molecule has 0 aromatic heterocycles. The molecule has 23 heavy (non-hydrogen) atoms. The highest BCUT2D eigenvalue weighted by Gasteiger charge is 2.07. The van der Waals surface area contributed by atoms with E-state index in [1.54, 1.807) is 48.5 Å². The fourth-order valence-electron chi connectivity index (χ4n) is 1.87. The van der Waals surface area contributed by atoms with Crippen molar-refractivity contribution in [1.29, 1.82) is 0 Å². The van der Waals surface area contributed by atoms with Gasteiger partial charge in [0.25, 0.3) is 11.8 Å². The van der Waals surface area contributed by atoms with Crippen LogP contribution in [0.3, 0.4) is 0 Å². The maximum Gasteiger partial charge on any atom is 0.262 e. The average molecular weight is 333 g/mol. The van der Waals surface area contributed by atoms with E-state index in [0.29, 0.717) is 28.6 Å². The number of ether oxygens (including phenoxy) is 1. The van der Waals surface area contributed by atoms with Crippen LogP contribution in [0.4, 0.5) is 5.69 Å². The second kappa shape index (κ2) is 8.19. The lowest BCUT2D eigenvalue weighted by atomic mass is 10.2. The SMILES string of the molecule is CCNC(=O)c1ccc(NC(=O)COc2ccccc2Cl)cc1. The number of rotatable bonds is 6. The monoisotopic (exact) mass is 332 g/mol. The van der Waals surface area contributed by atoms with Crippen molar-refractivity contribution >= 4 is 29.1 Å². The van der Waals surface area contributed by atoms with Gasteiger partial charge in [0.15, 0.2) is 6.61 Å². The zero-order valence-electron chi connectivity index (χ0n) is 12.6. The Bertz CT molecular complexity index is 686. The fraction of sp³-hybridized carbons (Fsp3) is 0.176. The Kier molecular flexibility index (Phi) is 6.00. The topological polar surface area (TPSA) is 67.4 Å². The molecule has 5 nitrogen and oxygen atoms in total. The third-order valence-electron chi connectivity index (χ3n) is 2.96. The van der Waals surface area contributed by atoms with Gasteiger partial charge in [-0.15, -0.1) is 0 Å². The summed E-state index contributed by atoms with van der Waals surface area (Å²) in [7, 11) is 0. The number of hydrogen-bond acceptors (Lipinski definition) is 3. The molecule has 2 aromatic rings. The number of anilines is 1. The van der Waals surface area contributed by atoms with Crippen molar-refractivity contribution in [2.24, 2.45) is 0 Å². The first-order chi connectivity index (χ1) is 11.1. The third kappa shape index (κ3) is 5.00. The molecule has 2 rings (SSSR count). The number of nitrogens with one attached hydrogen (secondary N) is 2. The number of carbonyl (C=O) groups excluding carboxylic acids is 2. The second-order valence-electron chi connectivity index (χ2n) is 4.70. The molecule has 0 unspecified atom stereocenters. The predicted molar refractivity (Wildman–Crippen MR) is 90.0 cm³/mol. The zero-order chi connectivity index (χ0) is 16.7. The van der Waals surface area contributed by atoms with Crippen molar-refractivity contribution < 1.29 is 14.3 Å². The minimum absolute atomic E-state index is 0.146. The van der Waals surface area contributed by atoms with Crippen LogP contribution in [0, 0.1) is 0 Å². The summed E-state index contributed by atoms with van der Waals surface area (Å²) in [5.41, 5.74) is 1.13. The zero-order valence-corrected chi connectivity index (χ0v) is 13.4. The molecule has 0 saturated carbocycles. The molecule has 0 bridgehead atoms. The molecule has 2 aromatic carbocycles. The van der Waals surface area contributed by atoms with Crippen molar-refractivity contribution in [2.75, 3.05) is 18.5 Å². The molecular formula is C17H17ClN2O3. The van der Waals surface area contributed by atoms with Gasteiger partial charge >= 0.3 is 0 Å². The molecular weight excluding hydrogens is 316 g/mol. The lowest BCUT2D eigenvalue weighted by Gasteiger charge is -2.09.